The summed E-state index contributed by atoms with van der Waals surface area (Å²) in [6.45, 7) is 1.81. The lowest BCUT2D eigenvalue weighted by Gasteiger charge is -2.09. The van der Waals surface area contributed by atoms with Gasteiger partial charge in [0.05, 0.1) is 0 Å². The van der Waals surface area contributed by atoms with Gasteiger partial charge in [0.2, 0.25) is 0 Å². The van der Waals surface area contributed by atoms with Crippen LogP contribution in [0.15, 0.2) is 24.3 Å². The fourth-order valence-electron chi connectivity index (χ4n) is 1.36. The van der Waals surface area contributed by atoms with Gasteiger partial charge in [0.15, 0.2) is 0 Å². The molecule has 0 aromatic heterocycles. The minimum Gasteiger partial charge on any atom is -0.508 e. The molecule has 1 unspecified atom stereocenters. The van der Waals surface area contributed by atoms with Gasteiger partial charge < -0.3 is 10.8 Å². The molecule has 0 saturated heterocycles. The summed E-state index contributed by atoms with van der Waals surface area (Å²) in [7, 11) is 0. The van der Waals surface area contributed by atoms with E-state index in [1.165, 1.54) is 12.1 Å². The third-order valence-electron chi connectivity index (χ3n) is 2.37. The van der Waals surface area contributed by atoms with Crippen molar-refractivity contribution in [2.75, 3.05) is 0 Å². The zero-order valence-electron chi connectivity index (χ0n) is 10.7. The van der Waals surface area contributed by atoms with Crippen LogP contribution in [0.4, 0.5) is 0 Å². The van der Waals surface area contributed by atoms with E-state index in [1.807, 2.05) is 0 Å². The van der Waals surface area contributed by atoms with E-state index in [0.29, 0.717) is 6.42 Å². The molecule has 104 valence electrons. The van der Waals surface area contributed by atoms with E-state index in [2.05, 4.69) is 9.78 Å². The maximum atomic E-state index is 11.4. The molecular formula is C13H17NO5. The minimum absolute atomic E-state index is 0.133. The lowest BCUT2D eigenvalue weighted by Crippen LogP contribution is -2.34. The van der Waals surface area contributed by atoms with Gasteiger partial charge in [-0.05, 0) is 30.5 Å². The van der Waals surface area contributed by atoms with Crippen LogP contribution in [0.5, 0.6) is 5.75 Å². The molecule has 0 radical (unpaired) electrons. The van der Waals surface area contributed by atoms with Crippen LogP contribution in [0.25, 0.3) is 0 Å². The highest BCUT2D eigenvalue weighted by Gasteiger charge is 2.18. The molecule has 1 rings (SSSR count). The highest BCUT2D eigenvalue weighted by molar-refractivity contribution is 5.77. The van der Waals surface area contributed by atoms with Crippen LogP contribution in [0, 0.1) is 0 Å². The van der Waals surface area contributed by atoms with E-state index < -0.39 is 18.0 Å². The van der Waals surface area contributed by atoms with Crippen LogP contribution >= 0.6 is 0 Å². The van der Waals surface area contributed by atoms with E-state index >= 15 is 0 Å². The number of phenols is 1. The summed E-state index contributed by atoms with van der Waals surface area (Å²) in [5.74, 6) is -1.28. The second-order valence-corrected chi connectivity index (χ2v) is 4.08. The van der Waals surface area contributed by atoms with Gasteiger partial charge in [-0.1, -0.05) is 19.1 Å². The molecule has 0 aliphatic heterocycles. The first-order valence-electron chi connectivity index (χ1n) is 5.97. The lowest BCUT2D eigenvalue weighted by atomic mass is 10.1. The number of hydrogen-bond donors (Lipinski definition) is 2. The molecule has 0 aliphatic carbocycles. The van der Waals surface area contributed by atoms with Crippen LogP contribution in [0.1, 0.15) is 25.3 Å². The Morgan fingerprint density at radius 1 is 1.26 bits per heavy atom. The van der Waals surface area contributed by atoms with Crippen molar-refractivity contribution >= 4 is 11.9 Å². The van der Waals surface area contributed by atoms with E-state index in [4.69, 9.17) is 10.8 Å². The van der Waals surface area contributed by atoms with Crippen molar-refractivity contribution in [2.45, 2.75) is 32.2 Å². The van der Waals surface area contributed by atoms with Gasteiger partial charge in [-0.3, -0.25) is 0 Å². The molecule has 1 atom stereocenters. The third-order valence-corrected chi connectivity index (χ3v) is 2.37. The molecule has 0 amide bonds. The van der Waals surface area contributed by atoms with Crippen molar-refractivity contribution in [3.05, 3.63) is 29.8 Å². The Morgan fingerprint density at radius 3 is 2.47 bits per heavy atom. The smallest absolute Gasteiger partial charge is 0.372 e. The number of nitrogens with two attached hydrogens (primary N) is 1. The molecule has 0 fully saturated rings. The summed E-state index contributed by atoms with van der Waals surface area (Å²) >= 11 is 0. The summed E-state index contributed by atoms with van der Waals surface area (Å²) < 4.78 is 0. The molecule has 1 aromatic rings. The number of carbonyl (C=O) groups excluding carboxylic acids is 2. The predicted octanol–water partition coefficient (Wildman–Crippen LogP) is 1.06. The van der Waals surface area contributed by atoms with Crippen molar-refractivity contribution in [1.29, 1.82) is 0 Å². The van der Waals surface area contributed by atoms with Gasteiger partial charge in [0.1, 0.15) is 11.8 Å². The number of benzene rings is 1. The number of aromatic hydroxyl groups is 1. The van der Waals surface area contributed by atoms with Crippen LogP contribution in [0.3, 0.4) is 0 Å². The maximum Gasteiger partial charge on any atom is 0.372 e. The number of phenolic OH excluding ortho intramolecular Hbond substituents is 1. The minimum atomic E-state index is -0.932. The monoisotopic (exact) mass is 267 g/mol. The van der Waals surface area contributed by atoms with Crippen molar-refractivity contribution in [1.82, 2.24) is 0 Å². The summed E-state index contributed by atoms with van der Waals surface area (Å²) in [5.41, 5.74) is 6.38. The normalized spacial score (nSPS) is 11.7. The second kappa shape index (κ2) is 7.38. The van der Waals surface area contributed by atoms with Gasteiger partial charge in [0, 0.05) is 6.42 Å². The topological polar surface area (TPSA) is 98.9 Å². The van der Waals surface area contributed by atoms with Crippen LogP contribution in [-0.4, -0.2) is 23.1 Å². The molecule has 0 saturated carbocycles. The fraction of sp³-hybridized carbons (Fsp3) is 0.385. The van der Waals surface area contributed by atoms with Gasteiger partial charge in [-0.2, -0.15) is 0 Å². The average Bonchev–Trinajstić information content (AvgIpc) is 2.39. The van der Waals surface area contributed by atoms with Gasteiger partial charge >= 0.3 is 11.9 Å². The molecule has 0 bridgehead atoms. The largest absolute Gasteiger partial charge is 0.508 e. The number of hydrogen-bond acceptors (Lipinski definition) is 6. The first-order chi connectivity index (χ1) is 9.02. The number of rotatable bonds is 5. The number of carbonyl (C=O) groups is 2. The predicted molar refractivity (Wildman–Crippen MR) is 66.9 cm³/mol. The fourth-order valence-corrected chi connectivity index (χ4v) is 1.36. The summed E-state index contributed by atoms with van der Waals surface area (Å²) in [4.78, 5) is 31.1. The Bertz CT molecular complexity index is 429. The summed E-state index contributed by atoms with van der Waals surface area (Å²) in [6, 6.07) is 5.35. The van der Waals surface area contributed by atoms with Crippen LogP contribution in [0.2, 0.25) is 0 Å². The van der Waals surface area contributed by atoms with Crippen molar-refractivity contribution in [2.24, 2.45) is 5.73 Å². The maximum absolute atomic E-state index is 11.4. The SMILES string of the molecule is CCCC(=O)OOC(=O)C(N)Cc1ccc(O)cc1. The van der Waals surface area contributed by atoms with E-state index in [9.17, 15) is 9.59 Å². The molecule has 3 N–H and O–H groups in total. The van der Waals surface area contributed by atoms with E-state index in [1.54, 1.807) is 19.1 Å². The van der Waals surface area contributed by atoms with E-state index in [0.717, 1.165) is 5.56 Å². The van der Waals surface area contributed by atoms with Crippen LogP contribution < -0.4 is 5.73 Å². The first-order valence-corrected chi connectivity index (χ1v) is 5.97. The van der Waals surface area contributed by atoms with Crippen LogP contribution in [-0.2, 0) is 25.8 Å². The Kier molecular flexibility index (Phi) is 5.81. The summed E-state index contributed by atoms with van der Waals surface area (Å²) in [6.07, 6.45) is 1.01. The van der Waals surface area contributed by atoms with Gasteiger partial charge in [0.25, 0.3) is 0 Å². The molecule has 0 aliphatic rings. The molecule has 6 heteroatoms. The van der Waals surface area contributed by atoms with Gasteiger partial charge in [-0.25, -0.2) is 19.4 Å². The Morgan fingerprint density at radius 2 is 1.89 bits per heavy atom. The highest BCUT2D eigenvalue weighted by atomic mass is 17.2. The molecule has 19 heavy (non-hydrogen) atoms. The zero-order valence-corrected chi connectivity index (χ0v) is 10.7. The third kappa shape index (κ3) is 5.39. The van der Waals surface area contributed by atoms with Crippen molar-refractivity contribution in [3.63, 3.8) is 0 Å². The average molecular weight is 267 g/mol. The summed E-state index contributed by atoms with van der Waals surface area (Å²) in [5, 5.41) is 9.12. The standard InChI is InChI=1S/C13H17NO5/c1-2-3-12(16)18-19-13(17)11(14)8-9-4-6-10(15)7-5-9/h4-7,11,15H,2-3,8,14H2,1H3. The molecular weight excluding hydrogens is 250 g/mol. The Balaban J connectivity index is 2.40. The van der Waals surface area contributed by atoms with Crippen molar-refractivity contribution < 1.29 is 24.5 Å². The lowest BCUT2D eigenvalue weighted by molar-refractivity contribution is -0.260. The highest BCUT2D eigenvalue weighted by Crippen LogP contribution is 2.11. The van der Waals surface area contributed by atoms with E-state index in [-0.39, 0.29) is 18.6 Å². The Labute approximate surface area is 111 Å². The van der Waals surface area contributed by atoms with Gasteiger partial charge in [-0.15, -0.1) is 0 Å². The molecule has 6 nitrogen and oxygen atoms in total. The van der Waals surface area contributed by atoms with Crippen molar-refractivity contribution in [3.8, 4) is 5.75 Å². The second-order valence-electron chi connectivity index (χ2n) is 4.08. The molecule has 0 heterocycles. The quantitative estimate of drug-likeness (QED) is 0.611. The molecule has 0 spiro atoms. The zero-order chi connectivity index (χ0) is 14.3. The Hall–Kier alpha value is -2.08. The molecule has 1 aromatic carbocycles. The first kappa shape index (κ1) is 15.0.